The Labute approximate surface area is 130 Å². The molecule has 21 heavy (non-hydrogen) atoms. The van der Waals surface area contributed by atoms with Gasteiger partial charge in [-0.2, -0.15) is 0 Å². The fraction of sp³-hybridized carbons (Fsp3) is 0.375. The van der Waals surface area contributed by atoms with Gasteiger partial charge in [0, 0.05) is 41.3 Å². The number of carbonyl (C=O) groups excluding carboxylic acids is 1. The van der Waals surface area contributed by atoms with Crippen molar-refractivity contribution in [1.29, 1.82) is 0 Å². The van der Waals surface area contributed by atoms with Crippen molar-refractivity contribution >= 4 is 18.3 Å². The molecule has 1 aliphatic rings. The van der Waals surface area contributed by atoms with Gasteiger partial charge in [0.1, 0.15) is 0 Å². The average molecular weight is 306 g/mol. The summed E-state index contributed by atoms with van der Waals surface area (Å²) >= 11 is 0. The second kappa shape index (κ2) is 5.90. The molecule has 1 aliphatic heterocycles. The van der Waals surface area contributed by atoms with Crippen LogP contribution in [-0.4, -0.2) is 22.4 Å². The number of hydrogen-bond acceptors (Lipinski definition) is 2. The molecule has 5 heteroatoms. The van der Waals surface area contributed by atoms with E-state index in [1.807, 2.05) is 18.2 Å². The standard InChI is InChI=1S/C16H19N3O.ClH/c1-3-16(4-2)10-18-15(20)12-9-13(19-14(12)16)11-5-7-17-8-6-11;/h5-9,19H,3-4,10H2,1-2H3,(H,18,20);1H. The summed E-state index contributed by atoms with van der Waals surface area (Å²) in [6, 6.07) is 5.86. The summed E-state index contributed by atoms with van der Waals surface area (Å²) in [5.41, 5.74) is 3.93. The fourth-order valence-electron chi connectivity index (χ4n) is 3.03. The highest BCUT2D eigenvalue weighted by molar-refractivity contribution is 5.98. The van der Waals surface area contributed by atoms with Gasteiger partial charge in [0.15, 0.2) is 0 Å². The molecule has 0 unspecified atom stereocenters. The number of fused-ring (bicyclic) bond motifs is 1. The summed E-state index contributed by atoms with van der Waals surface area (Å²) in [5, 5.41) is 3.02. The van der Waals surface area contributed by atoms with E-state index in [1.165, 1.54) is 0 Å². The quantitative estimate of drug-likeness (QED) is 0.914. The molecule has 0 aliphatic carbocycles. The maximum absolute atomic E-state index is 12.1. The van der Waals surface area contributed by atoms with E-state index in [2.05, 4.69) is 29.1 Å². The second-order valence-electron chi connectivity index (χ2n) is 5.38. The molecule has 2 aromatic rings. The molecule has 0 radical (unpaired) electrons. The van der Waals surface area contributed by atoms with Crippen molar-refractivity contribution in [2.75, 3.05) is 6.54 Å². The van der Waals surface area contributed by atoms with Gasteiger partial charge in [-0.25, -0.2) is 0 Å². The predicted octanol–water partition coefficient (Wildman–Crippen LogP) is 3.30. The molecule has 0 saturated carbocycles. The fourth-order valence-corrected chi connectivity index (χ4v) is 3.03. The zero-order valence-electron chi connectivity index (χ0n) is 12.3. The van der Waals surface area contributed by atoms with E-state index >= 15 is 0 Å². The lowest BCUT2D eigenvalue weighted by Gasteiger charge is -2.35. The summed E-state index contributed by atoms with van der Waals surface area (Å²) in [4.78, 5) is 19.6. The van der Waals surface area contributed by atoms with Crippen LogP contribution < -0.4 is 5.32 Å². The molecule has 0 aromatic carbocycles. The smallest absolute Gasteiger partial charge is 0.253 e. The van der Waals surface area contributed by atoms with Crippen molar-refractivity contribution in [2.24, 2.45) is 0 Å². The van der Waals surface area contributed by atoms with Crippen molar-refractivity contribution in [1.82, 2.24) is 15.3 Å². The van der Waals surface area contributed by atoms with E-state index in [1.54, 1.807) is 12.4 Å². The third-order valence-electron chi connectivity index (χ3n) is 4.52. The number of H-pyrrole nitrogens is 1. The topological polar surface area (TPSA) is 57.8 Å². The Bertz CT molecular complexity index is 632. The number of nitrogens with zero attached hydrogens (tertiary/aromatic N) is 1. The third-order valence-corrected chi connectivity index (χ3v) is 4.52. The van der Waals surface area contributed by atoms with Crippen LogP contribution in [0.1, 0.15) is 42.7 Å². The highest BCUT2D eigenvalue weighted by atomic mass is 35.5. The largest absolute Gasteiger partial charge is 0.357 e. The van der Waals surface area contributed by atoms with Gasteiger partial charge in [0.2, 0.25) is 0 Å². The van der Waals surface area contributed by atoms with Gasteiger partial charge in [0.05, 0.1) is 5.56 Å². The monoisotopic (exact) mass is 305 g/mol. The number of nitrogens with one attached hydrogen (secondary N) is 2. The summed E-state index contributed by atoms with van der Waals surface area (Å²) in [6.07, 6.45) is 5.55. The first-order valence-corrected chi connectivity index (χ1v) is 7.12. The van der Waals surface area contributed by atoms with Gasteiger partial charge in [-0.05, 0) is 31.0 Å². The maximum atomic E-state index is 12.1. The van der Waals surface area contributed by atoms with E-state index in [0.717, 1.165) is 35.4 Å². The van der Waals surface area contributed by atoms with E-state index in [0.29, 0.717) is 6.54 Å². The molecule has 0 saturated heterocycles. The Morgan fingerprint density at radius 1 is 1.24 bits per heavy atom. The highest BCUT2D eigenvalue weighted by Crippen LogP contribution is 2.37. The van der Waals surface area contributed by atoms with Crippen LogP contribution in [0.3, 0.4) is 0 Å². The molecular formula is C16H20ClN3O. The van der Waals surface area contributed by atoms with Crippen LogP contribution >= 0.6 is 12.4 Å². The Morgan fingerprint density at radius 2 is 1.90 bits per heavy atom. The van der Waals surface area contributed by atoms with E-state index in [-0.39, 0.29) is 23.7 Å². The van der Waals surface area contributed by atoms with Crippen LogP contribution in [0.2, 0.25) is 0 Å². The number of amides is 1. The number of aromatic nitrogens is 2. The Balaban J connectivity index is 0.00000161. The van der Waals surface area contributed by atoms with Crippen molar-refractivity contribution in [3.05, 3.63) is 41.9 Å². The van der Waals surface area contributed by atoms with Crippen LogP contribution in [0.25, 0.3) is 11.3 Å². The summed E-state index contributed by atoms with van der Waals surface area (Å²) in [6.45, 7) is 5.07. The predicted molar refractivity (Wildman–Crippen MR) is 85.9 cm³/mol. The molecule has 0 bridgehead atoms. The molecule has 0 fully saturated rings. The molecule has 112 valence electrons. The lowest BCUT2D eigenvalue weighted by Crippen LogP contribution is -2.46. The van der Waals surface area contributed by atoms with Gasteiger partial charge >= 0.3 is 0 Å². The number of halogens is 1. The second-order valence-corrected chi connectivity index (χ2v) is 5.38. The van der Waals surface area contributed by atoms with Crippen LogP contribution in [-0.2, 0) is 5.41 Å². The van der Waals surface area contributed by atoms with Gasteiger partial charge in [0.25, 0.3) is 5.91 Å². The first-order chi connectivity index (χ1) is 9.70. The minimum atomic E-state index is 0. The van der Waals surface area contributed by atoms with Crippen LogP contribution in [0.4, 0.5) is 0 Å². The zero-order chi connectivity index (χ0) is 14.2. The molecule has 2 aromatic heterocycles. The molecule has 0 spiro atoms. The number of hydrogen-bond donors (Lipinski definition) is 2. The normalized spacial score (nSPS) is 15.8. The Hall–Kier alpha value is -1.81. The molecule has 2 N–H and O–H groups in total. The molecule has 1 amide bonds. The molecule has 3 rings (SSSR count). The first-order valence-electron chi connectivity index (χ1n) is 7.12. The minimum Gasteiger partial charge on any atom is -0.357 e. The number of rotatable bonds is 3. The van der Waals surface area contributed by atoms with Gasteiger partial charge < -0.3 is 10.3 Å². The maximum Gasteiger partial charge on any atom is 0.253 e. The summed E-state index contributed by atoms with van der Waals surface area (Å²) < 4.78 is 0. The molecule has 3 heterocycles. The van der Waals surface area contributed by atoms with Crippen molar-refractivity contribution in [3.63, 3.8) is 0 Å². The van der Waals surface area contributed by atoms with Crippen LogP contribution in [0.15, 0.2) is 30.6 Å². The molecule has 4 nitrogen and oxygen atoms in total. The number of carbonyl (C=O) groups is 1. The average Bonchev–Trinajstić information content (AvgIpc) is 2.96. The van der Waals surface area contributed by atoms with Crippen LogP contribution in [0, 0.1) is 0 Å². The van der Waals surface area contributed by atoms with E-state index in [9.17, 15) is 4.79 Å². The number of pyridine rings is 1. The first kappa shape index (κ1) is 15.6. The zero-order valence-corrected chi connectivity index (χ0v) is 13.1. The summed E-state index contributed by atoms with van der Waals surface area (Å²) in [7, 11) is 0. The van der Waals surface area contributed by atoms with Crippen LogP contribution in [0.5, 0.6) is 0 Å². The molecule has 0 atom stereocenters. The van der Waals surface area contributed by atoms with Gasteiger partial charge in [-0.3, -0.25) is 9.78 Å². The molecular weight excluding hydrogens is 286 g/mol. The minimum absolute atomic E-state index is 0. The third kappa shape index (κ3) is 2.44. The Kier molecular flexibility index (Phi) is 4.37. The van der Waals surface area contributed by atoms with Gasteiger partial charge in [-0.15, -0.1) is 12.4 Å². The van der Waals surface area contributed by atoms with E-state index in [4.69, 9.17) is 0 Å². The van der Waals surface area contributed by atoms with Gasteiger partial charge in [-0.1, -0.05) is 13.8 Å². The Morgan fingerprint density at radius 3 is 2.52 bits per heavy atom. The number of aromatic amines is 1. The van der Waals surface area contributed by atoms with Crippen molar-refractivity contribution in [2.45, 2.75) is 32.1 Å². The lowest BCUT2D eigenvalue weighted by molar-refractivity contribution is 0.0921. The van der Waals surface area contributed by atoms with Crippen molar-refractivity contribution < 1.29 is 4.79 Å². The highest BCUT2D eigenvalue weighted by Gasteiger charge is 2.38. The lowest BCUT2D eigenvalue weighted by atomic mass is 9.75. The van der Waals surface area contributed by atoms with Crippen molar-refractivity contribution in [3.8, 4) is 11.3 Å². The van der Waals surface area contributed by atoms with E-state index < -0.39 is 0 Å². The SMILES string of the molecule is CCC1(CC)CNC(=O)c2cc(-c3ccncc3)[nH]c21.Cl. The summed E-state index contributed by atoms with van der Waals surface area (Å²) in [5.74, 6) is 0.0223.